The van der Waals surface area contributed by atoms with Crippen LogP contribution in [0.2, 0.25) is 0 Å². The molecule has 2 rings (SSSR count). The summed E-state index contributed by atoms with van der Waals surface area (Å²) in [6.07, 6.45) is 1.94. The average molecular weight is 276 g/mol. The molecule has 1 N–H and O–H groups in total. The topological polar surface area (TPSA) is 41.6 Å². The minimum Gasteiger partial charge on any atom is -0.372 e. The monoisotopic (exact) mass is 276 g/mol. The highest BCUT2D eigenvalue weighted by molar-refractivity contribution is 5.90. The van der Waals surface area contributed by atoms with E-state index in [4.69, 9.17) is 4.74 Å². The zero-order valence-electron chi connectivity index (χ0n) is 12.6. The van der Waals surface area contributed by atoms with Gasteiger partial charge in [-0.2, -0.15) is 0 Å². The van der Waals surface area contributed by atoms with E-state index in [-0.39, 0.29) is 18.1 Å². The van der Waals surface area contributed by atoms with Crippen molar-refractivity contribution in [3.8, 4) is 0 Å². The van der Waals surface area contributed by atoms with Crippen LogP contribution in [0.5, 0.6) is 0 Å². The van der Waals surface area contributed by atoms with Crippen LogP contribution in [0, 0.1) is 0 Å². The molecule has 0 unspecified atom stereocenters. The van der Waals surface area contributed by atoms with Gasteiger partial charge in [-0.1, -0.05) is 6.92 Å². The van der Waals surface area contributed by atoms with E-state index in [0.717, 1.165) is 25.2 Å². The van der Waals surface area contributed by atoms with Crippen LogP contribution >= 0.6 is 0 Å². The molecule has 1 aliphatic heterocycles. The van der Waals surface area contributed by atoms with Crippen LogP contribution < -0.4 is 10.2 Å². The van der Waals surface area contributed by atoms with Crippen LogP contribution in [0.15, 0.2) is 24.3 Å². The fraction of sp³-hybridized carbons (Fsp3) is 0.562. The van der Waals surface area contributed by atoms with Gasteiger partial charge in [-0.25, -0.2) is 0 Å². The van der Waals surface area contributed by atoms with E-state index in [1.807, 2.05) is 19.1 Å². The summed E-state index contributed by atoms with van der Waals surface area (Å²) in [6.45, 7) is 8.02. The number of ether oxygens (including phenoxy) is 1. The molecule has 1 aromatic carbocycles. The molecule has 4 heteroatoms. The number of rotatable bonds is 4. The van der Waals surface area contributed by atoms with Gasteiger partial charge in [0.25, 0.3) is 0 Å². The van der Waals surface area contributed by atoms with E-state index < -0.39 is 0 Å². The SMILES string of the molecule is CCCC(=O)Nc1ccc(N2C[C@H](C)O[C@@H](C)C2)cc1. The molecule has 1 aliphatic rings. The van der Waals surface area contributed by atoms with E-state index in [2.05, 4.69) is 36.2 Å². The Labute approximate surface area is 121 Å². The second-order valence-corrected chi connectivity index (χ2v) is 5.51. The van der Waals surface area contributed by atoms with Crippen molar-refractivity contribution in [1.82, 2.24) is 0 Å². The summed E-state index contributed by atoms with van der Waals surface area (Å²) in [6, 6.07) is 8.06. The Kier molecular flexibility index (Phi) is 5.01. The number of carbonyl (C=O) groups is 1. The van der Waals surface area contributed by atoms with Gasteiger partial charge in [0.15, 0.2) is 0 Å². The molecule has 0 aromatic heterocycles. The number of morpholine rings is 1. The van der Waals surface area contributed by atoms with Crippen molar-refractivity contribution in [3.63, 3.8) is 0 Å². The molecule has 1 heterocycles. The molecule has 0 saturated carbocycles. The fourth-order valence-corrected chi connectivity index (χ4v) is 2.59. The highest BCUT2D eigenvalue weighted by atomic mass is 16.5. The Morgan fingerprint density at radius 2 is 1.85 bits per heavy atom. The second-order valence-electron chi connectivity index (χ2n) is 5.51. The molecule has 1 fully saturated rings. The number of nitrogens with one attached hydrogen (secondary N) is 1. The number of amides is 1. The Bertz CT molecular complexity index is 434. The van der Waals surface area contributed by atoms with Gasteiger partial charge < -0.3 is 15.0 Å². The Hall–Kier alpha value is -1.55. The smallest absolute Gasteiger partial charge is 0.224 e. The van der Waals surface area contributed by atoms with Crippen LogP contribution in [-0.2, 0) is 9.53 Å². The quantitative estimate of drug-likeness (QED) is 0.919. The van der Waals surface area contributed by atoms with Gasteiger partial charge in [0.2, 0.25) is 5.91 Å². The summed E-state index contributed by atoms with van der Waals surface area (Å²) in [5, 5.41) is 2.91. The van der Waals surface area contributed by atoms with E-state index >= 15 is 0 Å². The molecule has 0 spiro atoms. The summed E-state index contributed by atoms with van der Waals surface area (Å²) >= 11 is 0. The lowest BCUT2D eigenvalue weighted by Crippen LogP contribution is -2.45. The maximum atomic E-state index is 11.5. The van der Waals surface area contributed by atoms with Gasteiger partial charge in [0.1, 0.15) is 0 Å². The van der Waals surface area contributed by atoms with Crippen LogP contribution in [0.25, 0.3) is 0 Å². The number of hydrogen-bond donors (Lipinski definition) is 1. The summed E-state index contributed by atoms with van der Waals surface area (Å²) in [7, 11) is 0. The maximum Gasteiger partial charge on any atom is 0.224 e. The molecule has 1 aromatic rings. The zero-order valence-corrected chi connectivity index (χ0v) is 12.6. The van der Waals surface area contributed by atoms with E-state index in [1.165, 1.54) is 5.69 Å². The van der Waals surface area contributed by atoms with Crippen molar-refractivity contribution in [1.29, 1.82) is 0 Å². The van der Waals surface area contributed by atoms with Gasteiger partial charge in [-0.05, 0) is 44.5 Å². The van der Waals surface area contributed by atoms with Gasteiger partial charge in [0, 0.05) is 30.9 Å². The van der Waals surface area contributed by atoms with Gasteiger partial charge in [-0.3, -0.25) is 4.79 Å². The van der Waals surface area contributed by atoms with Crippen LogP contribution in [0.1, 0.15) is 33.6 Å². The van der Waals surface area contributed by atoms with Gasteiger partial charge in [-0.15, -0.1) is 0 Å². The molecule has 2 atom stereocenters. The number of anilines is 2. The minimum absolute atomic E-state index is 0.0777. The van der Waals surface area contributed by atoms with Crippen LogP contribution in [0.3, 0.4) is 0 Å². The van der Waals surface area contributed by atoms with Crippen molar-refractivity contribution in [2.75, 3.05) is 23.3 Å². The molecule has 0 aliphatic carbocycles. The summed E-state index contributed by atoms with van der Waals surface area (Å²) < 4.78 is 5.74. The van der Waals surface area contributed by atoms with Crippen molar-refractivity contribution in [3.05, 3.63) is 24.3 Å². The first kappa shape index (κ1) is 14.9. The Morgan fingerprint density at radius 1 is 1.25 bits per heavy atom. The van der Waals surface area contributed by atoms with Crippen molar-refractivity contribution < 1.29 is 9.53 Å². The first-order valence-electron chi connectivity index (χ1n) is 7.38. The summed E-state index contributed by atoms with van der Waals surface area (Å²) in [5.41, 5.74) is 2.04. The number of nitrogens with zero attached hydrogens (tertiary/aromatic N) is 1. The fourth-order valence-electron chi connectivity index (χ4n) is 2.59. The van der Waals surface area contributed by atoms with E-state index in [9.17, 15) is 4.79 Å². The number of carbonyl (C=O) groups excluding carboxylic acids is 1. The summed E-state index contributed by atoms with van der Waals surface area (Å²) in [5.74, 6) is 0.0777. The standard InChI is InChI=1S/C16H24N2O2/c1-4-5-16(19)17-14-6-8-15(9-7-14)18-10-12(2)20-13(3)11-18/h6-9,12-13H,4-5,10-11H2,1-3H3,(H,17,19)/t12-,13-/m0/s1. The largest absolute Gasteiger partial charge is 0.372 e. The zero-order chi connectivity index (χ0) is 14.5. The molecular weight excluding hydrogens is 252 g/mol. The molecule has 0 bridgehead atoms. The molecule has 1 saturated heterocycles. The van der Waals surface area contributed by atoms with Crippen molar-refractivity contribution in [2.24, 2.45) is 0 Å². The first-order chi connectivity index (χ1) is 9.58. The molecule has 4 nitrogen and oxygen atoms in total. The molecular formula is C16H24N2O2. The first-order valence-corrected chi connectivity index (χ1v) is 7.38. The summed E-state index contributed by atoms with van der Waals surface area (Å²) in [4.78, 5) is 13.9. The minimum atomic E-state index is 0.0777. The highest BCUT2D eigenvalue weighted by Gasteiger charge is 2.22. The molecule has 1 amide bonds. The molecule has 110 valence electrons. The highest BCUT2D eigenvalue weighted by Crippen LogP contribution is 2.22. The van der Waals surface area contributed by atoms with Crippen LogP contribution in [0.4, 0.5) is 11.4 Å². The lowest BCUT2D eigenvalue weighted by molar-refractivity contribution is -0.116. The second kappa shape index (κ2) is 6.75. The normalized spacial score (nSPS) is 22.6. The third-order valence-corrected chi connectivity index (χ3v) is 3.41. The van der Waals surface area contributed by atoms with Gasteiger partial charge >= 0.3 is 0 Å². The Morgan fingerprint density at radius 3 is 2.40 bits per heavy atom. The van der Waals surface area contributed by atoms with Crippen molar-refractivity contribution in [2.45, 2.75) is 45.8 Å². The van der Waals surface area contributed by atoms with E-state index in [0.29, 0.717) is 6.42 Å². The van der Waals surface area contributed by atoms with Crippen molar-refractivity contribution >= 4 is 17.3 Å². The third kappa shape index (κ3) is 3.97. The third-order valence-electron chi connectivity index (χ3n) is 3.41. The predicted molar refractivity (Wildman–Crippen MR) is 82.2 cm³/mol. The average Bonchev–Trinajstić information content (AvgIpc) is 2.38. The Balaban J connectivity index is 1.99. The lowest BCUT2D eigenvalue weighted by atomic mass is 10.2. The number of hydrogen-bond acceptors (Lipinski definition) is 3. The maximum absolute atomic E-state index is 11.5. The molecule has 0 radical (unpaired) electrons. The lowest BCUT2D eigenvalue weighted by Gasteiger charge is -2.36. The van der Waals surface area contributed by atoms with E-state index in [1.54, 1.807) is 0 Å². The number of benzene rings is 1. The predicted octanol–water partition coefficient (Wildman–Crippen LogP) is 3.04. The van der Waals surface area contributed by atoms with Crippen LogP contribution in [-0.4, -0.2) is 31.2 Å². The molecule has 20 heavy (non-hydrogen) atoms. The van der Waals surface area contributed by atoms with Gasteiger partial charge in [0.05, 0.1) is 12.2 Å².